The van der Waals surface area contributed by atoms with Gasteiger partial charge >= 0.3 is 0 Å². The molecule has 0 unspecified atom stereocenters. The Bertz CT molecular complexity index is 751. The standard InChI is InChI=1S/C17H16N2O3/c1-12-4-3-5-15(10-12)21-11-16-18-17(22-19-16)13-6-8-14(20-2)9-7-13/h3-10H,11H2,1-2H3. The summed E-state index contributed by atoms with van der Waals surface area (Å²) in [6, 6.07) is 15.3. The number of rotatable bonds is 5. The number of aryl methyl sites for hydroxylation is 1. The molecule has 3 rings (SSSR count). The van der Waals surface area contributed by atoms with E-state index in [0.29, 0.717) is 11.7 Å². The molecule has 0 bridgehead atoms. The zero-order valence-corrected chi connectivity index (χ0v) is 12.4. The number of methoxy groups -OCH3 is 1. The van der Waals surface area contributed by atoms with Crippen molar-refractivity contribution >= 4 is 0 Å². The van der Waals surface area contributed by atoms with E-state index in [1.807, 2.05) is 55.5 Å². The van der Waals surface area contributed by atoms with E-state index in [4.69, 9.17) is 14.0 Å². The molecule has 5 nitrogen and oxygen atoms in total. The quantitative estimate of drug-likeness (QED) is 0.719. The highest BCUT2D eigenvalue weighted by Gasteiger charge is 2.09. The van der Waals surface area contributed by atoms with Crippen molar-refractivity contribution in [1.82, 2.24) is 10.1 Å². The maximum absolute atomic E-state index is 5.65. The number of hydrogen-bond donors (Lipinski definition) is 0. The number of benzene rings is 2. The van der Waals surface area contributed by atoms with Crippen molar-refractivity contribution in [3.63, 3.8) is 0 Å². The van der Waals surface area contributed by atoms with Crippen LogP contribution in [0.4, 0.5) is 0 Å². The summed E-state index contributed by atoms with van der Waals surface area (Å²) in [7, 11) is 1.63. The van der Waals surface area contributed by atoms with Crippen molar-refractivity contribution in [2.45, 2.75) is 13.5 Å². The van der Waals surface area contributed by atoms with Crippen LogP contribution in [0.3, 0.4) is 0 Å². The van der Waals surface area contributed by atoms with Gasteiger partial charge in [0.05, 0.1) is 7.11 Å². The van der Waals surface area contributed by atoms with Crippen LogP contribution in [0.2, 0.25) is 0 Å². The molecule has 1 heterocycles. The molecule has 0 radical (unpaired) electrons. The second-order valence-corrected chi connectivity index (χ2v) is 4.85. The molecule has 112 valence electrons. The maximum Gasteiger partial charge on any atom is 0.258 e. The minimum absolute atomic E-state index is 0.267. The monoisotopic (exact) mass is 296 g/mol. The fourth-order valence-corrected chi connectivity index (χ4v) is 2.02. The molecular weight excluding hydrogens is 280 g/mol. The fourth-order valence-electron chi connectivity index (χ4n) is 2.02. The van der Waals surface area contributed by atoms with E-state index in [0.717, 1.165) is 22.6 Å². The van der Waals surface area contributed by atoms with Gasteiger partial charge in [0.25, 0.3) is 5.89 Å². The Morgan fingerprint density at radius 2 is 1.86 bits per heavy atom. The molecule has 2 aromatic carbocycles. The first-order valence-corrected chi connectivity index (χ1v) is 6.91. The molecular formula is C17H16N2O3. The highest BCUT2D eigenvalue weighted by atomic mass is 16.5. The van der Waals surface area contributed by atoms with Crippen LogP contribution in [-0.4, -0.2) is 17.3 Å². The van der Waals surface area contributed by atoms with Crippen LogP contribution in [0, 0.1) is 6.92 Å². The topological polar surface area (TPSA) is 57.4 Å². The van der Waals surface area contributed by atoms with Crippen LogP contribution >= 0.6 is 0 Å². The van der Waals surface area contributed by atoms with Gasteiger partial charge in [0.15, 0.2) is 6.61 Å². The minimum atomic E-state index is 0.267. The normalized spacial score (nSPS) is 10.5. The van der Waals surface area contributed by atoms with Crippen molar-refractivity contribution in [3.05, 3.63) is 59.9 Å². The van der Waals surface area contributed by atoms with Gasteiger partial charge in [0.2, 0.25) is 5.82 Å². The van der Waals surface area contributed by atoms with Crippen LogP contribution in [0.25, 0.3) is 11.5 Å². The Hall–Kier alpha value is -2.82. The van der Waals surface area contributed by atoms with E-state index in [2.05, 4.69) is 10.1 Å². The first-order valence-electron chi connectivity index (χ1n) is 6.91. The van der Waals surface area contributed by atoms with Crippen molar-refractivity contribution in [2.24, 2.45) is 0 Å². The Balaban J connectivity index is 1.68. The van der Waals surface area contributed by atoms with Crippen molar-refractivity contribution < 1.29 is 14.0 Å². The van der Waals surface area contributed by atoms with Gasteiger partial charge in [-0.2, -0.15) is 4.98 Å². The van der Waals surface area contributed by atoms with E-state index in [1.165, 1.54) is 0 Å². The second-order valence-electron chi connectivity index (χ2n) is 4.85. The Kier molecular flexibility index (Phi) is 4.05. The van der Waals surface area contributed by atoms with Gasteiger partial charge in [-0.15, -0.1) is 0 Å². The van der Waals surface area contributed by atoms with Crippen LogP contribution in [0.1, 0.15) is 11.4 Å². The molecule has 0 aliphatic carbocycles. The molecule has 5 heteroatoms. The average molecular weight is 296 g/mol. The molecule has 0 amide bonds. The second kappa shape index (κ2) is 6.30. The van der Waals surface area contributed by atoms with Gasteiger partial charge < -0.3 is 14.0 Å². The minimum Gasteiger partial charge on any atom is -0.497 e. The van der Waals surface area contributed by atoms with Gasteiger partial charge in [-0.1, -0.05) is 17.3 Å². The SMILES string of the molecule is COc1ccc(-c2nc(COc3cccc(C)c3)no2)cc1. The summed E-state index contributed by atoms with van der Waals surface area (Å²) in [5, 5.41) is 3.93. The van der Waals surface area contributed by atoms with E-state index >= 15 is 0 Å². The molecule has 0 saturated carbocycles. The lowest BCUT2D eigenvalue weighted by Gasteiger charge is -2.03. The molecule has 0 atom stereocenters. The summed E-state index contributed by atoms with van der Waals surface area (Å²) in [5.41, 5.74) is 1.99. The van der Waals surface area contributed by atoms with E-state index in [9.17, 15) is 0 Å². The number of hydrogen-bond acceptors (Lipinski definition) is 5. The average Bonchev–Trinajstić information content (AvgIpc) is 3.02. The van der Waals surface area contributed by atoms with Crippen LogP contribution in [0.15, 0.2) is 53.1 Å². The molecule has 0 N–H and O–H groups in total. The molecule has 0 spiro atoms. The molecule has 22 heavy (non-hydrogen) atoms. The van der Waals surface area contributed by atoms with Gasteiger partial charge in [0.1, 0.15) is 11.5 Å². The first kappa shape index (κ1) is 14.1. The highest BCUT2D eigenvalue weighted by molar-refractivity contribution is 5.54. The summed E-state index contributed by atoms with van der Waals surface area (Å²) < 4.78 is 16.0. The zero-order valence-electron chi connectivity index (χ0n) is 12.4. The molecule has 0 aliphatic heterocycles. The molecule has 0 saturated heterocycles. The van der Waals surface area contributed by atoms with Crippen LogP contribution < -0.4 is 9.47 Å². The molecule has 0 aliphatic rings. The Morgan fingerprint density at radius 3 is 2.59 bits per heavy atom. The first-order chi connectivity index (χ1) is 10.7. The van der Waals surface area contributed by atoms with Crippen molar-refractivity contribution in [1.29, 1.82) is 0 Å². The summed E-state index contributed by atoms with van der Waals surface area (Å²) in [6.45, 7) is 2.28. The lowest BCUT2D eigenvalue weighted by molar-refractivity contribution is 0.287. The number of aromatic nitrogens is 2. The third kappa shape index (κ3) is 3.25. The molecule has 0 fully saturated rings. The zero-order chi connectivity index (χ0) is 15.4. The smallest absolute Gasteiger partial charge is 0.258 e. The number of ether oxygens (including phenoxy) is 2. The summed E-state index contributed by atoms with van der Waals surface area (Å²) in [6.07, 6.45) is 0. The summed E-state index contributed by atoms with van der Waals surface area (Å²) >= 11 is 0. The number of nitrogens with zero attached hydrogens (tertiary/aromatic N) is 2. The van der Waals surface area contributed by atoms with Crippen molar-refractivity contribution in [3.8, 4) is 23.0 Å². The van der Waals surface area contributed by atoms with E-state index in [1.54, 1.807) is 7.11 Å². The third-order valence-corrected chi connectivity index (χ3v) is 3.16. The maximum atomic E-state index is 5.65. The Morgan fingerprint density at radius 1 is 1.05 bits per heavy atom. The van der Waals surface area contributed by atoms with Gasteiger partial charge in [0, 0.05) is 5.56 Å². The highest BCUT2D eigenvalue weighted by Crippen LogP contribution is 2.21. The van der Waals surface area contributed by atoms with Crippen LogP contribution in [-0.2, 0) is 6.61 Å². The predicted octanol–water partition coefficient (Wildman–Crippen LogP) is 3.63. The largest absolute Gasteiger partial charge is 0.497 e. The molecule has 1 aromatic heterocycles. The third-order valence-electron chi connectivity index (χ3n) is 3.16. The van der Waals surface area contributed by atoms with E-state index < -0.39 is 0 Å². The Labute approximate surface area is 128 Å². The predicted molar refractivity (Wildman–Crippen MR) is 81.8 cm³/mol. The van der Waals surface area contributed by atoms with Gasteiger partial charge in [-0.25, -0.2) is 0 Å². The summed E-state index contributed by atoms with van der Waals surface area (Å²) in [4.78, 5) is 4.33. The van der Waals surface area contributed by atoms with Gasteiger partial charge in [-0.05, 0) is 48.9 Å². The lowest BCUT2D eigenvalue weighted by atomic mass is 10.2. The van der Waals surface area contributed by atoms with Crippen LogP contribution in [0.5, 0.6) is 11.5 Å². The lowest BCUT2D eigenvalue weighted by Crippen LogP contribution is -1.97. The van der Waals surface area contributed by atoms with Crippen molar-refractivity contribution in [2.75, 3.05) is 7.11 Å². The fraction of sp³-hybridized carbons (Fsp3) is 0.176. The van der Waals surface area contributed by atoms with E-state index in [-0.39, 0.29) is 6.61 Å². The van der Waals surface area contributed by atoms with Gasteiger partial charge in [-0.3, -0.25) is 0 Å². The molecule has 3 aromatic rings. The summed E-state index contributed by atoms with van der Waals surface area (Å²) in [5.74, 6) is 2.54.